The summed E-state index contributed by atoms with van der Waals surface area (Å²) in [5.74, 6) is 5.22. The highest BCUT2D eigenvalue weighted by atomic mass is 79.9. The molecule has 0 amide bonds. The molecule has 0 aliphatic rings. The van der Waals surface area contributed by atoms with Gasteiger partial charge in [-0.2, -0.15) is 0 Å². The van der Waals surface area contributed by atoms with Crippen molar-refractivity contribution in [1.29, 1.82) is 0 Å². The normalized spacial score (nSPS) is 9.85. The fraction of sp³-hybridized carbons (Fsp3) is 0.143. The van der Waals surface area contributed by atoms with E-state index in [2.05, 4.69) is 21.4 Å². The van der Waals surface area contributed by atoms with Crippen LogP contribution in [0.2, 0.25) is 0 Å². The highest BCUT2D eigenvalue weighted by Crippen LogP contribution is 2.10. The number of rotatable bonds is 3. The molecule has 0 saturated carbocycles. The van der Waals surface area contributed by atoms with Crippen molar-refractivity contribution in [2.45, 2.75) is 5.33 Å². The number of hydrogen-bond donors (Lipinski definition) is 4. The Morgan fingerprint density at radius 3 is 2.62 bits per heavy atom. The van der Waals surface area contributed by atoms with E-state index in [1.54, 1.807) is 18.2 Å². The second-order valence-electron chi connectivity index (χ2n) is 2.53. The molecule has 0 unspecified atom stereocenters. The number of anilines is 1. The largest absolute Gasteiger partial charge is 0.490 e. The SMILES string of the molecule is NNc1cccc(CBr)c1B(O)O. The molecule has 0 aromatic heterocycles. The zero-order chi connectivity index (χ0) is 9.84. The van der Waals surface area contributed by atoms with E-state index in [9.17, 15) is 0 Å². The first-order valence-electron chi connectivity index (χ1n) is 3.71. The maximum absolute atomic E-state index is 9.09. The third kappa shape index (κ3) is 2.22. The second-order valence-corrected chi connectivity index (χ2v) is 3.09. The summed E-state index contributed by atoms with van der Waals surface area (Å²) < 4.78 is 0. The van der Waals surface area contributed by atoms with Gasteiger partial charge in [-0.3, -0.25) is 5.84 Å². The minimum absolute atomic E-state index is 0.405. The Kier molecular flexibility index (Phi) is 3.74. The summed E-state index contributed by atoms with van der Waals surface area (Å²) in [6.07, 6.45) is 0. The quantitative estimate of drug-likeness (QED) is 0.251. The number of hydrogen-bond acceptors (Lipinski definition) is 4. The lowest BCUT2D eigenvalue weighted by Crippen LogP contribution is -2.36. The Balaban J connectivity index is 3.21. The van der Waals surface area contributed by atoms with Gasteiger partial charge in [-0.05, 0) is 11.6 Å². The lowest BCUT2D eigenvalue weighted by Gasteiger charge is -2.11. The van der Waals surface area contributed by atoms with Crippen molar-refractivity contribution >= 4 is 34.2 Å². The van der Waals surface area contributed by atoms with Crippen LogP contribution < -0.4 is 16.7 Å². The first-order valence-corrected chi connectivity index (χ1v) is 4.83. The highest BCUT2D eigenvalue weighted by Gasteiger charge is 2.19. The van der Waals surface area contributed by atoms with Crippen LogP contribution in [-0.2, 0) is 5.33 Å². The van der Waals surface area contributed by atoms with Gasteiger partial charge in [-0.25, -0.2) is 0 Å². The van der Waals surface area contributed by atoms with Gasteiger partial charge in [-0.1, -0.05) is 28.1 Å². The minimum Gasteiger partial charge on any atom is -0.423 e. The van der Waals surface area contributed by atoms with Crippen LogP contribution in [0.3, 0.4) is 0 Å². The van der Waals surface area contributed by atoms with Gasteiger partial charge in [0.05, 0.1) is 0 Å². The van der Waals surface area contributed by atoms with Gasteiger partial charge in [0.25, 0.3) is 0 Å². The monoisotopic (exact) mass is 244 g/mol. The molecule has 6 heteroatoms. The van der Waals surface area contributed by atoms with E-state index in [-0.39, 0.29) is 0 Å². The first-order chi connectivity index (χ1) is 6.20. The molecule has 5 N–H and O–H groups in total. The molecule has 1 aromatic rings. The van der Waals surface area contributed by atoms with Crippen LogP contribution in [0.15, 0.2) is 18.2 Å². The summed E-state index contributed by atoms with van der Waals surface area (Å²) in [4.78, 5) is 0. The Labute approximate surface area is 85.0 Å². The van der Waals surface area contributed by atoms with Crippen LogP contribution >= 0.6 is 15.9 Å². The van der Waals surface area contributed by atoms with Crippen LogP contribution in [0.5, 0.6) is 0 Å². The predicted molar refractivity (Wildman–Crippen MR) is 56.7 cm³/mol. The Morgan fingerprint density at radius 2 is 2.15 bits per heavy atom. The van der Waals surface area contributed by atoms with Crippen LogP contribution in [-0.4, -0.2) is 17.2 Å². The van der Waals surface area contributed by atoms with Gasteiger partial charge in [0.2, 0.25) is 0 Å². The summed E-state index contributed by atoms with van der Waals surface area (Å²) in [6, 6.07) is 5.27. The average molecular weight is 245 g/mol. The van der Waals surface area contributed by atoms with Crippen molar-refractivity contribution in [1.82, 2.24) is 0 Å². The van der Waals surface area contributed by atoms with Crippen molar-refractivity contribution < 1.29 is 10.0 Å². The molecular weight excluding hydrogens is 235 g/mol. The molecule has 0 saturated heterocycles. The summed E-state index contributed by atoms with van der Waals surface area (Å²) in [6.45, 7) is 0. The van der Waals surface area contributed by atoms with E-state index in [0.29, 0.717) is 16.5 Å². The number of hydrazine groups is 1. The Hall–Kier alpha value is -0.555. The van der Waals surface area contributed by atoms with Crippen LogP contribution in [0.1, 0.15) is 5.56 Å². The lowest BCUT2D eigenvalue weighted by atomic mass is 9.76. The number of nitrogens with one attached hydrogen (secondary N) is 1. The predicted octanol–water partition coefficient (Wildman–Crippen LogP) is -0.453. The summed E-state index contributed by atoms with van der Waals surface area (Å²) in [5.41, 5.74) is 4.13. The van der Waals surface area contributed by atoms with Crippen molar-refractivity contribution in [2.75, 3.05) is 5.43 Å². The third-order valence-electron chi connectivity index (χ3n) is 1.75. The third-order valence-corrected chi connectivity index (χ3v) is 2.36. The van der Waals surface area contributed by atoms with E-state index in [4.69, 9.17) is 15.9 Å². The molecular formula is C7H10BBrN2O2. The fourth-order valence-corrected chi connectivity index (χ4v) is 1.65. The second kappa shape index (κ2) is 4.62. The van der Waals surface area contributed by atoms with E-state index in [0.717, 1.165) is 5.56 Å². The molecule has 1 aromatic carbocycles. The van der Waals surface area contributed by atoms with Crippen LogP contribution in [0.4, 0.5) is 5.69 Å². The standard InChI is InChI=1S/C7H10BBrN2O2/c9-4-5-2-1-3-6(11-10)7(5)8(12)13/h1-3,11-13H,4,10H2. The van der Waals surface area contributed by atoms with Crippen LogP contribution in [0.25, 0.3) is 0 Å². The highest BCUT2D eigenvalue weighted by molar-refractivity contribution is 9.08. The van der Waals surface area contributed by atoms with Crippen molar-refractivity contribution in [3.05, 3.63) is 23.8 Å². The molecule has 0 radical (unpaired) electrons. The number of halogens is 1. The summed E-state index contributed by atoms with van der Waals surface area (Å²) in [7, 11) is -1.51. The first kappa shape index (κ1) is 10.5. The molecule has 1 rings (SSSR count). The van der Waals surface area contributed by atoms with Gasteiger partial charge in [0, 0.05) is 16.5 Å². The zero-order valence-corrected chi connectivity index (χ0v) is 8.45. The van der Waals surface area contributed by atoms with Gasteiger partial charge >= 0.3 is 7.12 Å². The molecule has 0 fully saturated rings. The van der Waals surface area contributed by atoms with Crippen molar-refractivity contribution in [2.24, 2.45) is 5.84 Å². The zero-order valence-electron chi connectivity index (χ0n) is 6.87. The van der Waals surface area contributed by atoms with Crippen molar-refractivity contribution in [3.8, 4) is 0 Å². The molecule has 0 aliphatic carbocycles. The number of nitrogen functional groups attached to an aromatic ring is 1. The molecule has 0 spiro atoms. The van der Waals surface area contributed by atoms with E-state index in [1.807, 2.05) is 0 Å². The number of benzene rings is 1. The fourth-order valence-electron chi connectivity index (χ4n) is 1.16. The lowest BCUT2D eigenvalue weighted by molar-refractivity contribution is 0.425. The van der Waals surface area contributed by atoms with Gasteiger partial charge in [0.15, 0.2) is 0 Å². The molecule has 4 nitrogen and oxygen atoms in total. The molecule has 13 heavy (non-hydrogen) atoms. The summed E-state index contributed by atoms with van der Waals surface area (Å²) >= 11 is 3.25. The Morgan fingerprint density at radius 1 is 1.46 bits per heavy atom. The van der Waals surface area contributed by atoms with Crippen LogP contribution in [0, 0.1) is 0 Å². The summed E-state index contributed by atoms with van der Waals surface area (Å²) in [5, 5.41) is 18.7. The smallest absolute Gasteiger partial charge is 0.423 e. The number of nitrogens with two attached hydrogens (primary N) is 1. The van der Waals surface area contributed by atoms with Crippen molar-refractivity contribution in [3.63, 3.8) is 0 Å². The molecule has 70 valence electrons. The maximum Gasteiger partial charge on any atom is 0.490 e. The molecule has 0 heterocycles. The van der Waals surface area contributed by atoms with Gasteiger partial charge < -0.3 is 15.5 Å². The van der Waals surface area contributed by atoms with Gasteiger partial charge in [0.1, 0.15) is 0 Å². The van der Waals surface area contributed by atoms with E-state index >= 15 is 0 Å². The minimum atomic E-state index is -1.51. The number of alkyl halides is 1. The molecule has 0 atom stereocenters. The maximum atomic E-state index is 9.09. The molecule has 0 bridgehead atoms. The van der Waals surface area contributed by atoms with E-state index < -0.39 is 7.12 Å². The van der Waals surface area contributed by atoms with Gasteiger partial charge in [-0.15, -0.1) is 0 Å². The van der Waals surface area contributed by atoms with E-state index in [1.165, 1.54) is 0 Å². The molecule has 0 aliphatic heterocycles. The Bertz CT molecular complexity index is 274. The average Bonchev–Trinajstić information content (AvgIpc) is 2.16. The topological polar surface area (TPSA) is 78.5 Å².